The molecule has 1 aliphatic rings. The lowest BCUT2D eigenvalue weighted by Gasteiger charge is -2.28. The van der Waals surface area contributed by atoms with E-state index >= 15 is 0 Å². The molecular weight excluding hydrogens is 248 g/mol. The molecule has 1 saturated heterocycles. The van der Waals surface area contributed by atoms with Crippen LogP contribution in [0.2, 0.25) is 0 Å². The van der Waals surface area contributed by atoms with Crippen molar-refractivity contribution in [3.8, 4) is 0 Å². The summed E-state index contributed by atoms with van der Waals surface area (Å²) in [5, 5.41) is 0. The minimum Gasteiger partial charge on any atom is -0.435 e. The Morgan fingerprint density at radius 3 is 2.57 bits per heavy atom. The van der Waals surface area contributed by atoms with Gasteiger partial charge in [-0.25, -0.2) is 0 Å². The molecule has 14 heavy (non-hydrogen) atoms. The maximum Gasteiger partial charge on any atom is 0.308 e. The van der Waals surface area contributed by atoms with Crippen LogP contribution in [0.3, 0.4) is 0 Å². The zero-order valence-electron chi connectivity index (χ0n) is 9.04. The minimum absolute atomic E-state index is 0.0725. The maximum atomic E-state index is 11.2. The Labute approximate surface area is 93.3 Å². The molecule has 1 rings (SSSR count). The van der Waals surface area contributed by atoms with Gasteiger partial charge in [-0.05, 0) is 27.7 Å². The van der Waals surface area contributed by atoms with Crippen molar-refractivity contribution in [2.24, 2.45) is 5.92 Å². The van der Waals surface area contributed by atoms with Crippen molar-refractivity contribution < 1.29 is 14.3 Å². The van der Waals surface area contributed by atoms with Crippen molar-refractivity contribution in [3.05, 3.63) is 0 Å². The van der Waals surface area contributed by atoms with Crippen LogP contribution in [0.4, 0.5) is 0 Å². The molecule has 0 N–H and O–H groups in total. The van der Waals surface area contributed by atoms with Crippen molar-refractivity contribution in [3.63, 3.8) is 0 Å². The molecule has 0 aromatic carbocycles. The first-order chi connectivity index (χ1) is 6.30. The highest BCUT2D eigenvalue weighted by molar-refractivity contribution is 9.10. The number of cyclic esters (lactones) is 1. The summed E-state index contributed by atoms with van der Waals surface area (Å²) in [6.45, 7) is 7.92. The third-order valence-corrected chi connectivity index (χ3v) is 2.84. The number of rotatable bonds is 3. The number of alkyl halides is 1. The van der Waals surface area contributed by atoms with Crippen LogP contribution >= 0.6 is 15.9 Å². The lowest BCUT2D eigenvalue weighted by Crippen LogP contribution is -2.34. The lowest BCUT2D eigenvalue weighted by molar-refractivity contribution is -0.176. The van der Waals surface area contributed by atoms with Gasteiger partial charge < -0.3 is 9.47 Å². The van der Waals surface area contributed by atoms with Gasteiger partial charge in [0, 0.05) is 10.2 Å². The molecule has 4 heteroatoms. The summed E-state index contributed by atoms with van der Waals surface area (Å²) < 4.78 is 10.5. The van der Waals surface area contributed by atoms with Crippen LogP contribution in [0.5, 0.6) is 0 Å². The molecule has 0 unspecified atom stereocenters. The first-order valence-electron chi connectivity index (χ1n) is 4.84. The summed E-state index contributed by atoms with van der Waals surface area (Å²) in [7, 11) is 0. The van der Waals surface area contributed by atoms with E-state index in [1.807, 2.05) is 27.7 Å². The van der Waals surface area contributed by atoms with E-state index in [0.717, 1.165) is 0 Å². The van der Waals surface area contributed by atoms with E-state index in [9.17, 15) is 4.79 Å². The number of carbonyl (C=O) groups is 1. The Morgan fingerprint density at radius 1 is 1.57 bits per heavy atom. The lowest BCUT2D eigenvalue weighted by atomic mass is 9.93. The number of hydrogen-bond donors (Lipinski definition) is 0. The fourth-order valence-corrected chi connectivity index (χ4v) is 1.87. The van der Waals surface area contributed by atoms with Crippen LogP contribution in [-0.4, -0.2) is 22.7 Å². The van der Waals surface area contributed by atoms with E-state index in [1.54, 1.807) is 0 Å². The molecule has 0 aliphatic carbocycles. The van der Waals surface area contributed by atoms with Gasteiger partial charge in [0.05, 0.1) is 12.5 Å². The summed E-state index contributed by atoms with van der Waals surface area (Å²) in [5.41, 5.74) is 0. The molecule has 0 amide bonds. The molecule has 0 spiro atoms. The predicted molar refractivity (Wildman–Crippen MR) is 57.2 cm³/mol. The van der Waals surface area contributed by atoms with E-state index in [2.05, 4.69) is 15.9 Å². The van der Waals surface area contributed by atoms with Crippen molar-refractivity contribution in [1.29, 1.82) is 0 Å². The van der Waals surface area contributed by atoms with Crippen LogP contribution in [0.15, 0.2) is 0 Å². The molecule has 3 nitrogen and oxygen atoms in total. The van der Waals surface area contributed by atoms with Crippen molar-refractivity contribution in [2.75, 3.05) is 0 Å². The number of hydrogen-bond acceptors (Lipinski definition) is 3. The first-order valence-corrected chi connectivity index (χ1v) is 5.64. The topological polar surface area (TPSA) is 35.5 Å². The van der Waals surface area contributed by atoms with Crippen molar-refractivity contribution >= 4 is 21.9 Å². The van der Waals surface area contributed by atoms with Gasteiger partial charge in [-0.2, -0.15) is 0 Å². The molecule has 2 atom stereocenters. The number of halogens is 1. The molecule has 0 aromatic heterocycles. The molecule has 0 bridgehead atoms. The number of ether oxygens (including phenoxy) is 2. The highest BCUT2D eigenvalue weighted by Gasteiger charge is 2.44. The molecule has 0 radical (unpaired) electrons. The van der Waals surface area contributed by atoms with Crippen LogP contribution in [-0.2, 0) is 14.3 Å². The highest BCUT2D eigenvalue weighted by Crippen LogP contribution is 2.38. The molecular formula is C10H17BrO3. The summed E-state index contributed by atoms with van der Waals surface area (Å²) in [6.07, 6.45) is 0.0930. The van der Waals surface area contributed by atoms with Crippen LogP contribution in [0.1, 0.15) is 34.1 Å². The van der Waals surface area contributed by atoms with Crippen molar-refractivity contribution in [1.82, 2.24) is 0 Å². The van der Waals surface area contributed by atoms with Gasteiger partial charge in [0.1, 0.15) is 0 Å². The second-order valence-electron chi connectivity index (χ2n) is 4.42. The van der Waals surface area contributed by atoms with Gasteiger partial charge in [-0.15, -0.1) is 0 Å². The van der Waals surface area contributed by atoms with E-state index in [0.29, 0.717) is 6.42 Å². The third kappa shape index (κ3) is 2.95. The molecule has 0 saturated carbocycles. The van der Waals surface area contributed by atoms with Gasteiger partial charge in [-0.1, -0.05) is 15.9 Å². The fraction of sp³-hybridized carbons (Fsp3) is 0.900. The standard InChI is InChI=1S/C10H17BrO3/c1-6(2)13-9-7(10(3,4)11)5-8(12)14-9/h6-7,9H,5H2,1-4H3/t7-,9-/m0/s1. The number of esters is 1. The van der Waals surface area contributed by atoms with Gasteiger partial charge in [0.25, 0.3) is 0 Å². The second-order valence-corrected chi connectivity index (χ2v) is 6.46. The average Bonchev–Trinajstić information content (AvgIpc) is 2.28. The van der Waals surface area contributed by atoms with Crippen molar-refractivity contribution in [2.45, 2.75) is 50.8 Å². The van der Waals surface area contributed by atoms with Gasteiger partial charge >= 0.3 is 5.97 Å². The molecule has 82 valence electrons. The molecule has 0 aromatic rings. The van der Waals surface area contributed by atoms with Crippen LogP contribution < -0.4 is 0 Å². The predicted octanol–water partition coefficient (Wildman–Crippen LogP) is 2.47. The quantitative estimate of drug-likeness (QED) is 0.581. The Balaban J connectivity index is 2.68. The summed E-state index contributed by atoms with van der Waals surface area (Å²) in [4.78, 5) is 11.2. The van der Waals surface area contributed by atoms with Crippen LogP contribution in [0.25, 0.3) is 0 Å². The fourth-order valence-electron chi connectivity index (χ4n) is 1.49. The summed E-state index contributed by atoms with van der Waals surface area (Å²) in [5.74, 6) is -0.0921. The Hall–Kier alpha value is -0.0900. The summed E-state index contributed by atoms with van der Waals surface area (Å²) >= 11 is 3.55. The van der Waals surface area contributed by atoms with E-state index in [4.69, 9.17) is 9.47 Å². The number of carbonyl (C=O) groups excluding carboxylic acids is 1. The first kappa shape index (κ1) is 12.0. The molecule has 1 aliphatic heterocycles. The smallest absolute Gasteiger partial charge is 0.308 e. The Bertz CT molecular complexity index is 220. The largest absolute Gasteiger partial charge is 0.435 e. The summed E-state index contributed by atoms with van der Waals surface area (Å²) in [6, 6.07) is 0. The molecule has 1 heterocycles. The van der Waals surface area contributed by atoms with Gasteiger partial charge in [0.2, 0.25) is 6.29 Å². The van der Waals surface area contributed by atoms with E-state index in [1.165, 1.54) is 0 Å². The zero-order valence-corrected chi connectivity index (χ0v) is 10.6. The van der Waals surface area contributed by atoms with Gasteiger partial charge in [-0.3, -0.25) is 4.79 Å². The highest BCUT2D eigenvalue weighted by atomic mass is 79.9. The van der Waals surface area contributed by atoms with E-state index < -0.39 is 6.29 Å². The monoisotopic (exact) mass is 264 g/mol. The van der Waals surface area contributed by atoms with E-state index in [-0.39, 0.29) is 22.3 Å². The normalized spacial score (nSPS) is 28.3. The Kier molecular flexibility index (Phi) is 3.58. The second kappa shape index (κ2) is 4.19. The zero-order chi connectivity index (χ0) is 10.9. The minimum atomic E-state index is -0.406. The van der Waals surface area contributed by atoms with Crippen LogP contribution in [0, 0.1) is 5.92 Å². The SMILES string of the molecule is CC(C)O[C@H]1OC(=O)C[C@@H]1C(C)(C)Br. The average molecular weight is 265 g/mol. The third-order valence-electron chi connectivity index (χ3n) is 2.25. The maximum absolute atomic E-state index is 11.2. The van der Waals surface area contributed by atoms with Gasteiger partial charge in [0.15, 0.2) is 0 Å². The molecule has 1 fully saturated rings. The Morgan fingerprint density at radius 2 is 2.14 bits per heavy atom.